The molecule has 1 aromatic rings. The number of rotatable bonds is 6. The third kappa shape index (κ3) is 4.10. The molecular formula is C16H25N3O3S. The Kier molecular flexibility index (Phi) is 5.78. The van der Waals surface area contributed by atoms with E-state index in [4.69, 9.17) is 5.73 Å². The molecule has 0 heterocycles. The molecule has 0 aromatic heterocycles. The molecule has 1 fully saturated rings. The Morgan fingerprint density at radius 3 is 2.78 bits per heavy atom. The first-order chi connectivity index (χ1) is 10.9. The molecule has 4 N–H and O–H groups in total. The van der Waals surface area contributed by atoms with Crippen molar-refractivity contribution >= 4 is 15.9 Å². The number of hydrogen-bond donors (Lipinski definition) is 3. The van der Waals surface area contributed by atoms with Gasteiger partial charge in [0.15, 0.2) is 0 Å². The van der Waals surface area contributed by atoms with E-state index in [0.29, 0.717) is 6.54 Å². The van der Waals surface area contributed by atoms with E-state index in [1.165, 1.54) is 13.1 Å². The zero-order chi connectivity index (χ0) is 17.0. The van der Waals surface area contributed by atoms with Gasteiger partial charge in [0.05, 0.1) is 10.9 Å². The number of carbonyl (C=O) groups excluding carboxylic acids is 1. The summed E-state index contributed by atoms with van der Waals surface area (Å²) in [4.78, 5) is 12.6. The molecule has 1 unspecified atom stereocenters. The number of amides is 1. The van der Waals surface area contributed by atoms with Gasteiger partial charge in [-0.05, 0) is 57.0 Å². The van der Waals surface area contributed by atoms with Crippen molar-refractivity contribution in [3.63, 3.8) is 0 Å². The summed E-state index contributed by atoms with van der Waals surface area (Å²) < 4.78 is 26.0. The van der Waals surface area contributed by atoms with Crippen LogP contribution in [0.15, 0.2) is 29.2 Å². The molecule has 0 aliphatic heterocycles. The van der Waals surface area contributed by atoms with Crippen LogP contribution in [-0.2, 0) is 14.8 Å². The van der Waals surface area contributed by atoms with Crippen LogP contribution >= 0.6 is 0 Å². The van der Waals surface area contributed by atoms with Crippen LogP contribution in [0.4, 0.5) is 0 Å². The summed E-state index contributed by atoms with van der Waals surface area (Å²) in [6.07, 6.45) is 2.90. The van der Waals surface area contributed by atoms with Gasteiger partial charge in [0, 0.05) is 5.92 Å². The Labute approximate surface area is 137 Å². The average Bonchev–Trinajstić information content (AvgIpc) is 3.03. The van der Waals surface area contributed by atoms with Crippen LogP contribution in [0.1, 0.15) is 37.8 Å². The lowest BCUT2D eigenvalue weighted by molar-refractivity contribution is -0.126. The molecule has 0 spiro atoms. The molecule has 0 bridgehead atoms. The van der Waals surface area contributed by atoms with Gasteiger partial charge in [0.2, 0.25) is 15.9 Å². The fourth-order valence-corrected chi connectivity index (χ4v) is 3.92. The van der Waals surface area contributed by atoms with Crippen LogP contribution in [0.5, 0.6) is 0 Å². The van der Waals surface area contributed by atoms with Crippen molar-refractivity contribution in [2.24, 2.45) is 17.6 Å². The van der Waals surface area contributed by atoms with Crippen molar-refractivity contribution in [2.75, 3.05) is 13.6 Å². The topological polar surface area (TPSA) is 101 Å². The second-order valence-corrected chi connectivity index (χ2v) is 7.93. The van der Waals surface area contributed by atoms with Gasteiger partial charge in [0.25, 0.3) is 0 Å². The number of nitrogens with one attached hydrogen (secondary N) is 2. The molecule has 128 valence electrons. The normalized spacial score (nSPS) is 22.7. The summed E-state index contributed by atoms with van der Waals surface area (Å²) in [5.74, 6) is 0.220. The van der Waals surface area contributed by atoms with Crippen LogP contribution < -0.4 is 15.8 Å². The van der Waals surface area contributed by atoms with Gasteiger partial charge >= 0.3 is 0 Å². The Bertz CT molecular complexity index is 660. The van der Waals surface area contributed by atoms with Crippen molar-refractivity contribution in [3.8, 4) is 0 Å². The molecule has 1 aromatic carbocycles. The van der Waals surface area contributed by atoms with Crippen molar-refractivity contribution < 1.29 is 13.2 Å². The van der Waals surface area contributed by atoms with E-state index in [0.717, 1.165) is 24.8 Å². The van der Waals surface area contributed by atoms with Crippen LogP contribution in [0.25, 0.3) is 0 Å². The average molecular weight is 339 g/mol. The largest absolute Gasteiger partial charge is 0.349 e. The monoisotopic (exact) mass is 339 g/mol. The lowest BCUT2D eigenvalue weighted by Crippen LogP contribution is -2.36. The van der Waals surface area contributed by atoms with E-state index in [-0.39, 0.29) is 28.7 Å². The molecule has 1 aliphatic rings. The van der Waals surface area contributed by atoms with E-state index < -0.39 is 10.0 Å². The summed E-state index contributed by atoms with van der Waals surface area (Å²) in [6.45, 7) is 2.39. The minimum Gasteiger partial charge on any atom is -0.349 e. The highest BCUT2D eigenvalue weighted by molar-refractivity contribution is 7.89. The quantitative estimate of drug-likeness (QED) is 0.723. The SMILES string of the molecule is CNS(=O)(=O)c1cccc(C(C)NC(=O)[C@@H]2CCC[C@@H]2CN)c1. The number of hydrogen-bond acceptors (Lipinski definition) is 4. The molecule has 6 nitrogen and oxygen atoms in total. The minimum atomic E-state index is -3.49. The van der Waals surface area contributed by atoms with Crippen molar-refractivity contribution in [1.29, 1.82) is 0 Å². The van der Waals surface area contributed by atoms with E-state index in [2.05, 4.69) is 10.0 Å². The zero-order valence-corrected chi connectivity index (χ0v) is 14.4. The lowest BCUT2D eigenvalue weighted by Gasteiger charge is -2.21. The number of sulfonamides is 1. The molecule has 0 saturated heterocycles. The van der Waals surface area contributed by atoms with Gasteiger partial charge in [-0.1, -0.05) is 18.6 Å². The van der Waals surface area contributed by atoms with Gasteiger partial charge < -0.3 is 11.1 Å². The molecule has 23 heavy (non-hydrogen) atoms. The highest BCUT2D eigenvalue weighted by atomic mass is 32.2. The lowest BCUT2D eigenvalue weighted by atomic mass is 9.94. The summed E-state index contributed by atoms with van der Waals surface area (Å²) in [7, 11) is -2.12. The number of carbonyl (C=O) groups is 1. The third-order valence-electron chi connectivity index (χ3n) is 4.59. The number of nitrogens with two attached hydrogens (primary N) is 1. The first kappa shape index (κ1) is 17.9. The molecule has 3 atom stereocenters. The van der Waals surface area contributed by atoms with Crippen molar-refractivity contribution in [3.05, 3.63) is 29.8 Å². The molecule has 1 aliphatic carbocycles. The van der Waals surface area contributed by atoms with Crippen molar-refractivity contribution in [1.82, 2.24) is 10.0 Å². The Morgan fingerprint density at radius 2 is 2.13 bits per heavy atom. The predicted molar refractivity (Wildman–Crippen MR) is 89.1 cm³/mol. The maximum Gasteiger partial charge on any atom is 0.240 e. The van der Waals surface area contributed by atoms with Crippen LogP contribution in [-0.4, -0.2) is 27.9 Å². The highest BCUT2D eigenvalue weighted by Gasteiger charge is 2.32. The molecule has 1 saturated carbocycles. The smallest absolute Gasteiger partial charge is 0.240 e. The van der Waals surface area contributed by atoms with E-state index in [9.17, 15) is 13.2 Å². The molecule has 0 radical (unpaired) electrons. The summed E-state index contributed by atoms with van der Waals surface area (Å²) in [6, 6.07) is 6.36. The first-order valence-electron chi connectivity index (χ1n) is 7.93. The second-order valence-electron chi connectivity index (χ2n) is 6.04. The second kappa shape index (κ2) is 7.42. The van der Waals surface area contributed by atoms with Gasteiger partial charge in [-0.2, -0.15) is 0 Å². The maximum absolute atomic E-state index is 12.4. The minimum absolute atomic E-state index is 0.00678. The number of benzene rings is 1. The summed E-state index contributed by atoms with van der Waals surface area (Å²) in [5, 5.41) is 2.99. The standard InChI is InChI=1S/C16H25N3O3S/c1-11(19-16(20)15-8-4-6-13(15)10-17)12-5-3-7-14(9-12)23(21,22)18-2/h3,5,7,9,11,13,15,18H,4,6,8,10,17H2,1-2H3,(H,19,20)/t11?,13-,15-/m1/s1. The van der Waals surface area contributed by atoms with Gasteiger partial charge in [-0.3, -0.25) is 4.79 Å². The van der Waals surface area contributed by atoms with Gasteiger partial charge in [-0.15, -0.1) is 0 Å². The van der Waals surface area contributed by atoms with E-state index in [1.807, 2.05) is 13.0 Å². The molecular weight excluding hydrogens is 314 g/mol. The summed E-state index contributed by atoms with van der Waals surface area (Å²) >= 11 is 0. The molecule has 7 heteroatoms. The Balaban J connectivity index is 2.10. The highest BCUT2D eigenvalue weighted by Crippen LogP contribution is 2.31. The van der Waals surface area contributed by atoms with E-state index >= 15 is 0 Å². The van der Waals surface area contributed by atoms with Gasteiger partial charge in [0.1, 0.15) is 0 Å². The van der Waals surface area contributed by atoms with Crippen LogP contribution in [0, 0.1) is 11.8 Å². The molecule has 2 rings (SSSR count). The van der Waals surface area contributed by atoms with Gasteiger partial charge in [-0.25, -0.2) is 13.1 Å². The summed E-state index contributed by atoms with van der Waals surface area (Å²) in [5.41, 5.74) is 6.49. The van der Waals surface area contributed by atoms with Crippen LogP contribution in [0.3, 0.4) is 0 Å². The van der Waals surface area contributed by atoms with E-state index in [1.54, 1.807) is 12.1 Å². The Hall–Kier alpha value is -1.44. The fraction of sp³-hybridized carbons (Fsp3) is 0.562. The zero-order valence-electron chi connectivity index (χ0n) is 13.6. The van der Waals surface area contributed by atoms with Crippen LogP contribution in [0.2, 0.25) is 0 Å². The predicted octanol–water partition coefficient (Wildman–Crippen LogP) is 1.15. The first-order valence-corrected chi connectivity index (χ1v) is 9.41. The fourth-order valence-electron chi connectivity index (χ4n) is 3.14. The third-order valence-corrected chi connectivity index (χ3v) is 6.01. The maximum atomic E-state index is 12.4. The molecule has 1 amide bonds. The van der Waals surface area contributed by atoms with Crippen molar-refractivity contribution in [2.45, 2.75) is 37.1 Å². The Morgan fingerprint density at radius 1 is 1.39 bits per heavy atom.